The number of carbonyl (C=O) groups excluding carboxylic acids is 1. The molecule has 0 spiro atoms. The number of benzene rings is 1. The number of hydrogen-bond acceptors (Lipinski definition) is 5. The van der Waals surface area contributed by atoms with Crippen molar-refractivity contribution in [2.75, 3.05) is 13.1 Å². The molecule has 34 heavy (non-hydrogen) atoms. The smallest absolute Gasteiger partial charge is 0.475 e. The summed E-state index contributed by atoms with van der Waals surface area (Å²) in [7, 11) is 0. The number of halogens is 4. The molecule has 1 N–H and O–H groups in total. The number of aryl methyl sites for hydroxylation is 1. The average molecular weight is 476 g/mol. The summed E-state index contributed by atoms with van der Waals surface area (Å²) >= 11 is 0. The number of rotatable bonds is 2. The number of alkyl halides is 3. The van der Waals surface area contributed by atoms with E-state index >= 15 is 0 Å². The van der Waals surface area contributed by atoms with E-state index in [4.69, 9.17) is 14.9 Å². The summed E-state index contributed by atoms with van der Waals surface area (Å²) in [5, 5.41) is 7.12. The molecule has 7 nitrogen and oxygen atoms in total. The summed E-state index contributed by atoms with van der Waals surface area (Å²) in [4.78, 5) is 36.8. The lowest BCUT2D eigenvalue weighted by molar-refractivity contribution is -0.192. The minimum absolute atomic E-state index is 0.0136. The molecule has 0 fully saturated rings. The molecule has 0 unspecified atom stereocenters. The molecule has 3 heterocycles. The number of carboxylic acid groups (broad SMARTS) is 1. The Morgan fingerprint density at radius 2 is 1.68 bits per heavy atom. The van der Waals surface area contributed by atoms with Gasteiger partial charge in [-0.1, -0.05) is 0 Å². The first kappa shape index (κ1) is 24.7. The van der Waals surface area contributed by atoms with Gasteiger partial charge in [0, 0.05) is 48.9 Å². The van der Waals surface area contributed by atoms with Crippen LogP contribution in [-0.2, 0) is 17.6 Å². The van der Waals surface area contributed by atoms with E-state index in [1.54, 1.807) is 36.7 Å². The highest BCUT2D eigenvalue weighted by Crippen LogP contribution is 2.23. The zero-order valence-corrected chi connectivity index (χ0v) is 18.0. The number of carbonyl (C=O) groups is 2. The Bertz CT molecular complexity index is 1170. The Morgan fingerprint density at radius 1 is 1.03 bits per heavy atom. The number of aliphatic carboxylic acids is 1. The van der Waals surface area contributed by atoms with Crippen molar-refractivity contribution in [2.45, 2.75) is 25.9 Å². The van der Waals surface area contributed by atoms with Crippen molar-refractivity contribution in [1.29, 1.82) is 0 Å². The molecule has 0 atom stereocenters. The number of pyridine rings is 1. The molecule has 0 radical (unpaired) electrons. The molecule has 4 rings (SSSR count). The zero-order chi connectivity index (χ0) is 24.9. The fourth-order valence-electron chi connectivity index (χ4n) is 3.39. The Hall–Kier alpha value is -3.89. The summed E-state index contributed by atoms with van der Waals surface area (Å²) in [6.45, 7) is 3.19. The van der Waals surface area contributed by atoms with Crippen molar-refractivity contribution in [1.82, 2.24) is 19.9 Å². The lowest BCUT2D eigenvalue weighted by Gasteiger charge is -2.19. The normalized spacial score (nSPS) is 13.3. The molecule has 0 saturated heterocycles. The molecule has 1 aromatic carbocycles. The fraction of sp³-hybridized carbons (Fsp3) is 0.261. The Labute approximate surface area is 192 Å². The van der Waals surface area contributed by atoms with Crippen LogP contribution in [0.15, 0.2) is 48.8 Å². The first-order valence-corrected chi connectivity index (χ1v) is 10.2. The Balaban J connectivity index is 0.000000406. The second kappa shape index (κ2) is 10.4. The van der Waals surface area contributed by atoms with Crippen LogP contribution in [0.5, 0.6) is 0 Å². The van der Waals surface area contributed by atoms with Gasteiger partial charge in [-0.3, -0.25) is 9.78 Å². The van der Waals surface area contributed by atoms with Gasteiger partial charge in [0.1, 0.15) is 5.82 Å². The predicted octanol–water partition coefficient (Wildman–Crippen LogP) is 3.86. The number of nitrogens with zero attached hydrogens (tertiary/aromatic N) is 4. The van der Waals surface area contributed by atoms with Crippen LogP contribution in [0.3, 0.4) is 0 Å². The van der Waals surface area contributed by atoms with E-state index in [1.807, 2.05) is 11.8 Å². The third-order valence-electron chi connectivity index (χ3n) is 5.09. The third kappa shape index (κ3) is 6.12. The molecule has 0 saturated carbocycles. The molecular weight excluding hydrogens is 456 g/mol. The second-order valence-electron chi connectivity index (χ2n) is 7.40. The van der Waals surface area contributed by atoms with Crippen LogP contribution in [0.4, 0.5) is 17.6 Å². The standard InChI is InChI=1S/C21H19FN4O.C2HF3O2/c1-14-18-8-11-26(21(27)16-3-2-10-23-13-16)12-9-19(18)25-20(24-14)15-4-6-17(22)7-5-15;3-2(4,5)1(6)7/h2-7,10,13H,8-9,11-12H2,1H3;(H,6,7). The highest BCUT2D eigenvalue weighted by atomic mass is 19.4. The Kier molecular flexibility index (Phi) is 7.54. The van der Waals surface area contributed by atoms with Gasteiger partial charge in [0.15, 0.2) is 5.82 Å². The van der Waals surface area contributed by atoms with Crippen molar-refractivity contribution in [3.63, 3.8) is 0 Å². The number of hydrogen-bond donors (Lipinski definition) is 1. The second-order valence-corrected chi connectivity index (χ2v) is 7.40. The van der Waals surface area contributed by atoms with Gasteiger partial charge in [0.05, 0.1) is 5.56 Å². The van der Waals surface area contributed by atoms with E-state index in [2.05, 4.69) is 9.97 Å². The van der Waals surface area contributed by atoms with Crippen molar-refractivity contribution in [3.05, 3.63) is 77.1 Å². The SMILES string of the molecule is Cc1nc(-c2ccc(F)cc2)nc2c1CCN(C(=O)c1cccnc1)CC2.O=C(O)C(F)(F)F. The Morgan fingerprint density at radius 3 is 2.26 bits per heavy atom. The first-order chi connectivity index (χ1) is 16.1. The summed E-state index contributed by atoms with van der Waals surface area (Å²) in [5.41, 5.74) is 4.36. The number of amides is 1. The monoisotopic (exact) mass is 476 g/mol. The van der Waals surface area contributed by atoms with Crippen LogP contribution in [0.2, 0.25) is 0 Å². The fourth-order valence-corrected chi connectivity index (χ4v) is 3.39. The summed E-state index contributed by atoms with van der Waals surface area (Å²) < 4.78 is 44.9. The zero-order valence-electron chi connectivity index (χ0n) is 18.0. The van der Waals surface area contributed by atoms with E-state index in [0.29, 0.717) is 30.9 Å². The topological polar surface area (TPSA) is 96.3 Å². The molecule has 1 aliphatic heterocycles. The summed E-state index contributed by atoms with van der Waals surface area (Å²) in [6.07, 6.45) is -0.446. The maximum atomic E-state index is 13.2. The molecule has 0 bridgehead atoms. The van der Waals surface area contributed by atoms with Gasteiger partial charge in [0.25, 0.3) is 5.91 Å². The van der Waals surface area contributed by atoms with Gasteiger partial charge < -0.3 is 10.0 Å². The first-order valence-electron chi connectivity index (χ1n) is 10.2. The molecule has 1 amide bonds. The number of aromatic nitrogens is 3. The van der Waals surface area contributed by atoms with Crippen molar-refractivity contribution in [2.24, 2.45) is 0 Å². The molecule has 2 aromatic heterocycles. The van der Waals surface area contributed by atoms with Gasteiger partial charge in [-0.2, -0.15) is 13.2 Å². The van der Waals surface area contributed by atoms with Crippen LogP contribution < -0.4 is 0 Å². The van der Waals surface area contributed by atoms with Crippen LogP contribution in [0.1, 0.15) is 27.3 Å². The summed E-state index contributed by atoms with van der Waals surface area (Å²) in [6, 6.07) is 9.74. The van der Waals surface area contributed by atoms with E-state index in [9.17, 15) is 22.4 Å². The van der Waals surface area contributed by atoms with Crippen molar-refractivity contribution >= 4 is 11.9 Å². The third-order valence-corrected chi connectivity index (χ3v) is 5.09. The van der Waals surface area contributed by atoms with Gasteiger partial charge in [-0.25, -0.2) is 19.2 Å². The van der Waals surface area contributed by atoms with Gasteiger partial charge >= 0.3 is 12.1 Å². The van der Waals surface area contributed by atoms with Crippen molar-refractivity contribution < 1.29 is 32.3 Å². The minimum atomic E-state index is -5.08. The maximum Gasteiger partial charge on any atom is 0.490 e. The molecule has 0 aliphatic carbocycles. The van der Waals surface area contributed by atoms with Crippen molar-refractivity contribution in [3.8, 4) is 11.4 Å². The number of fused-ring (bicyclic) bond motifs is 1. The molecule has 178 valence electrons. The average Bonchev–Trinajstić information content (AvgIpc) is 3.02. The lowest BCUT2D eigenvalue weighted by Crippen LogP contribution is -2.33. The van der Waals surface area contributed by atoms with Gasteiger partial charge in [-0.05, 0) is 55.3 Å². The van der Waals surface area contributed by atoms with E-state index in [1.165, 1.54) is 12.1 Å². The van der Waals surface area contributed by atoms with Gasteiger partial charge in [-0.15, -0.1) is 0 Å². The largest absolute Gasteiger partial charge is 0.490 e. The lowest BCUT2D eigenvalue weighted by atomic mass is 10.1. The molecule has 11 heteroatoms. The minimum Gasteiger partial charge on any atom is -0.475 e. The quantitative estimate of drug-likeness (QED) is 0.565. The summed E-state index contributed by atoms with van der Waals surface area (Å²) in [5.74, 6) is -2.46. The molecular formula is C23H20F4N4O3. The molecule has 3 aromatic rings. The van der Waals surface area contributed by atoms with Crippen LogP contribution >= 0.6 is 0 Å². The van der Waals surface area contributed by atoms with E-state index in [-0.39, 0.29) is 11.7 Å². The highest BCUT2D eigenvalue weighted by molar-refractivity contribution is 5.93. The van der Waals surface area contributed by atoms with E-state index < -0.39 is 12.1 Å². The van der Waals surface area contributed by atoms with Gasteiger partial charge in [0.2, 0.25) is 0 Å². The molecule has 1 aliphatic rings. The maximum absolute atomic E-state index is 13.2. The number of carboxylic acids is 1. The highest BCUT2D eigenvalue weighted by Gasteiger charge is 2.38. The van der Waals surface area contributed by atoms with E-state index in [0.717, 1.165) is 28.9 Å². The predicted molar refractivity (Wildman–Crippen MR) is 113 cm³/mol. The van der Waals surface area contributed by atoms with Crippen LogP contribution in [-0.4, -0.2) is 56.1 Å². The van der Waals surface area contributed by atoms with Crippen LogP contribution in [0, 0.1) is 12.7 Å². The van der Waals surface area contributed by atoms with Crippen LogP contribution in [0.25, 0.3) is 11.4 Å².